The summed E-state index contributed by atoms with van der Waals surface area (Å²) in [6.45, 7) is 6.58. The van der Waals surface area contributed by atoms with Crippen molar-refractivity contribution in [2.45, 2.75) is 39.8 Å². The van der Waals surface area contributed by atoms with Crippen LogP contribution in [0, 0.1) is 12.8 Å². The van der Waals surface area contributed by atoms with Crippen LogP contribution < -0.4 is 10.6 Å². The number of benzene rings is 1. The molecule has 10 heteroatoms. The molecule has 0 spiro atoms. The molecule has 1 aromatic carbocycles. The van der Waals surface area contributed by atoms with Crippen molar-refractivity contribution in [2.24, 2.45) is 5.92 Å². The number of anilines is 1. The van der Waals surface area contributed by atoms with E-state index in [1.165, 1.54) is 31.2 Å². The van der Waals surface area contributed by atoms with E-state index >= 15 is 0 Å². The molecule has 2 amide bonds. The zero-order valence-electron chi connectivity index (χ0n) is 16.3. The number of amides is 2. The molecule has 0 fully saturated rings. The molecule has 0 saturated heterocycles. The summed E-state index contributed by atoms with van der Waals surface area (Å²) in [4.78, 5) is 37.2. The van der Waals surface area contributed by atoms with Crippen LogP contribution in [0.15, 0.2) is 28.8 Å². The number of hydrogen-bond acceptors (Lipinski definition) is 6. The Labute approximate surface area is 177 Å². The van der Waals surface area contributed by atoms with E-state index in [4.69, 9.17) is 32.5 Å². The van der Waals surface area contributed by atoms with E-state index in [1.807, 2.05) is 0 Å². The van der Waals surface area contributed by atoms with Gasteiger partial charge in [0.25, 0.3) is 11.8 Å². The molecule has 29 heavy (non-hydrogen) atoms. The van der Waals surface area contributed by atoms with Crippen LogP contribution in [-0.2, 0) is 14.3 Å². The number of carbonyl (C=O) groups excluding carboxylic acids is 3. The third-order valence-electron chi connectivity index (χ3n) is 3.92. The van der Waals surface area contributed by atoms with Gasteiger partial charge in [-0.3, -0.25) is 14.9 Å². The minimum atomic E-state index is -1.12. The number of halogens is 2. The third-order valence-corrected chi connectivity index (χ3v) is 4.47. The maximum atomic E-state index is 12.6. The lowest BCUT2D eigenvalue weighted by Crippen LogP contribution is -2.47. The zero-order chi connectivity index (χ0) is 21.7. The molecule has 0 bridgehead atoms. The highest BCUT2D eigenvalue weighted by Gasteiger charge is 2.30. The first kappa shape index (κ1) is 22.7. The molecule has 0 radical (unpaired) electrons. The van der Waals surface area contributed by atoms with E-state index in [1.54, 1.807) is 20.8 Å². The summed E-state index contributed by atoms with van der Waals surface area (Å²) < 4.78 is 10.1. The number of ether oxygens (including phenoxy) is 1. The average Bonchev–Trinajstić information content (AvgIpc) is 3.03. The van der Waals surface area contributed by atoms with Gasteiger partial charge in [0.05, 0.1) is 16.3 Å². The lowest BCUT2D eigenvalue weighted by Gasteiger charge is -2.23. The molecule has 1 aromatic heterocycles. The van der Waals surface area contributed by atoms with Crippen molar-refractivity contribution in [3.8, 4) is 0 Å². The molecule has 2 atom stereocenters. The Morgan fingerprint density at radius 3 is 2.38 bits per heavy atom. The van der Waals surface area contributed by atoms with Crippen molar-refractivity contribution < 1.29 is 23.6 Å². The van der Waals surface area contributed by atoms with Crippen LogP contribution >= 0.6 is 23.2 Å². The smallest absolute Gasteiger partial charge is 0.329 e. The molecule has 2 N–H and O–H groups in total. The van der Waals surface area contributed by atoms with Crippen LogP contribution in [0.25, 0.3) is 0 Å². The highest BCUT2D eigenvalue weighted by atomic mass is 35.5. The number of esters is 1. The third kappa shape index (κ3) is 6.20. The number of hydrogen-bond donors (Lipinski definition) is 2. The van der Waals surface area contributed by atoms with Crippen molar-refractivity contribution in [2.75, 3.05) is 5.32 Å². The van der Waals surface area contributed by atoms with Crippen molar-refractivity contribution >= 4 is 46.9 Å². The fraction of sp³-hybridized carbons (Fsp3) is 0.368. The van der Waals surface area contributed by atoms with Gasteiger partial charge in [-0.05, 0) is 38.0 Å². The highest BCUT2D eigenvalue weighted by molar-refractivity contribution is 6.36. The fourth-order valence-corrected chi connectivity index (χ4v) is 2.83. The summed E-state index contributed by atoms with van der Waals surface area (Å²) in [5.74, 6) is -2.07. The van der Waals surface area contributed by atoms with Crippen molar-refractivity contribution in [3.63, 3.8) is 0 Å². The number of nitrogens with zero attached hydrogens (tertiary/aromatic N) is 1. The van der Waals surface area contributed by atoms with Crippen molar-refractivity contribution in [3.05, 3.63) is 45.6 Å². The Bertz CT molecular complexity index is 913. The first-order valence-corrected chi connectivity index (χ1v) is 9.54. The Morgan fingerprint density at radius 2 is 1.83 bits per heavy atom. The SMILES string of the molecule is Cc1cc(NC(=O)C(C)OC(=O)[C@@H](NC(=O)c2ccc(Cl)cc2Cl)C(C)C)on1. The van der Waals surface area contributed by atoms with Crippen LogP contribution in [0.4, 0.5) is 5.88 Å². The summed E-state index contributed by atoms with van der Waals surface area (Å²) in [5, 5.41) is 9.23. The summed E-state index contributed by atoms with van der Waals surface area (Å²) in [7, 11) is 0. The Hall–Kier alpha value is -2.58. The number of aryl methyl sites for hydroxylation is 1. The minimum absolute atomic E-state index is 0.140. The second kappa shape index (κ2) is 9.76. The largest absolute Gasteiger partial charge is 0.451 e. The van der Waals surface area contributed by atoms with E-state index in [9.17, 15) is 14.4 Å². The van der Waals surface area contributed by atoms with Gasteiger partial charge in [0.1, 0.15) is 6.04 Å². The predicted octanol–water partition coefficient (Wildman–Crippen LogP) is 3.61. The van der Waals surface area contributed by atoms with Crippen LogP contribution in [-0.4, -0.2) is 35.1 Å². The lowest BCUT2D eigenvalue weighted by atomic mass is 10.0. The molecule has 0 saturated carbocycles. The molecule has 1 heterocycles. The van der Waals surface area contributed by atoms with E-state index in [-0.39, 0.29) is 22.4 Å². The lowest BCUT2D eigenvalue weighted by molar-refractivity contribution is -0.156. The molecule has 8 nitrogen and oxygen atoms in total. The van der Waals surface area contributed by atoms with Crippen LogP contribution in [0.3, 0.4) is 0 Å². The standard InChI is InChI=1S/C19H21Cl2N3O5/c1-9(2)16(23-18(26)13-6-5-12(20)8-14(13)21)19(27)28-11(4)17(25)22-15-7-10(3)24-29-15/h5-9,11,16H,1-4H3,(H,22,25)(H,23,26)/t11?,16-/m0/s1. The monoisotopic (exact) mass is 441 g/mol. The van der Waals surface area contributed by atoms with Gasteiger partial charge in [0.15, 0.2) is 6.10 Å². The van der Waals surface area contributed by atoms with Gasteiger partial charge in [0, 0.05) is 11.1 Å². The second-order valence-electron chi connectivity index (χ2n) is 6.72. The number of carbonyl (C=O) groups is 3. The van der Waals surface area contributed by atoms with Gasteiger partial charge in [-0.2, -0.15) is 0 Å². The van der Waals surface area contributed by atoms with Crippen LogP contribution in [0.5, 0.6) is 0 Å². The van der Waals surface area contributed by atoms with Crippen molar-refractivity contribution in [1.82, 2.24) is 10.5 Å². The number of nitrogens with one attached hydrogen (secondary N) is 2. The van der Waals surface area contributed by atoms with Gasteiger partial charge < -0.3 is 14.6 Å². The molecule has 2 aromatic rings. The fourth-order valence-electron chi connectivity index (χ4n) is 2.34. The van der Waals surface area contributed by atoms with Gasteiger partial charge in [-0.25, -0.2) is 4.79 Å². The summed E-state index contributed by atoms with van der Waals surface area (Å²) in [5.41, 5.74) is 0.759. The predicted molar refractivity (Wildman–Crippen MR) is 108 cm³/mol. The zero-order valence-corrected chi connectivity index (χ0v) is 17.8. The number of aromatic nitrogens is 1. The summed E-state index contributed by atoms with van der Waals surface area (Å²) in [6.07, 6.45) is -1.12. The number of rotatable bonds is 7. The maximum absolute atomic E-state index is 12.6. The molecular weight excluding hydrogens is 421 g/mol. The highest BCUT2D eigenvalue weighted by Crippen LogP contribution is 2.21. The topological polar surface area (TPSA) is 111 Å². The average molecular weight is 442 g/mol. The first-order chi connectivity index (χ1) is 13.6. The second-order valence-corrected chi connectivity index (χ2v) is 7.56. The van der Waals surface area contributed by atoms with E-state index in [2.05, 4.69) is 15.8 Å². The van der Waals surface area contributed by atoms with Gasteiger partial charge in [-0.15, -0.1) is 0 Å². The first-order valence-electron chi connectivity index (χ1n) is 8.79. The van der Waals surface area contributed by atoms with E-state index in [0.717, 1.165) is 0 Å². The van der Waals surface area contributed by atoms with E-state index < -0.39 is 29.9 Å². The Morgan fingerprint density at radius 1 is 1.14 bits per heavy atom. The molecule has 0 aliphatic heterocycles. The quantitative estimate of drug-likeness (QED) is 0.634. The molecule has 0 aliphatic carbocycles. The molecule has 156 valence electrons. The van der Waals surface area contributed by atoms with Crippen molar-refractivity contribution in [1.29, 1.82) is 0 Å². The Kier molecular flexibility index (Phi) is 7.64. The molecule has 2 rings (SSSR count). The minimum Gasteiger partial charge on any atom is -0.451 e. The van der Waals surface area contributed by atoms with E-state index in [0.29, 0.717) is 10.7 Å². The van der Waals surface area contributed by atoms with Crippen LogP contribution in [0.1, 0.15) is 36.8 Å². The molecule has 1 unspecified atom stereocenters. The Balaban J connectivity index is 2.02. The maximum Gasteiger partial charge on any atom is 0.329 e. The van der Waals surface area contributed by atoms with Crippen LogP contribution in [0.2, 0.25) is 10.0 Å². The summed E-state index contributed by atoms with van der Waals surface area (Å²) in [6, 6.07) is 4.94. The molecule has 0 aliphatic rings. The normalized spacial score (nSPS) is 12.9. The van der Waals surface area contributed by atoms with Gasteiger partial charge in [0.2, 0.25) is 5.88 Å². The summed E-state index contributed by atoms with van der Waals surface area (Å²) >= 11 is 11.9. The van der Waals surface area contributed by atoms with Gasteiger partial charge >= 0.3 is 5.97 Å². The van der Waals surface area contributed by atoms with Gasteiger partial charge in [-0.1, -0.05) is 42.2 Å². The molecular formula is C19H21Cl2N3O5.